The second-order valence-electron chi connectivity index (χ2n) is 6.32. The third kappa shape index (κ3) is 6.34. The lowest BCUT2D eigenvalue weighted by molar-refractivity contribution is -0.128. The number of benzene rings is 1. The molecule has 1 fully saturated rings. The SMILES string of the molecule is CC(C)NC(=O)CN1CCN(C(=O)/C=C/c2cc(Cl)ccc2Cl)CC1. The van der Waals surface area contributed by atoms with Gasteiger partial charge in [0.25, 0.3) is 0 Å². The van der Waals surface area contributed by atoms with Crippen LogP contribution in [0, 0.1) is 0 Å². The van der Waals surface area contributed by atoms with Crippen LogP contribution in [0.25, 0.3) is 6.08 Å². The number of nitrogens with one attached hydrogen (secondary N) is 1. The van der Waals surface area contributed by atoms with Gasteiger partial charge >= 0.3 is 0 Å². The summed E-state index contributed by atoms with van der Waals surface area (Å²) < 4.78 is 0. The molecule has 1 aliphatic rings. The Kier molecular flexibility index (Phi) is 7.29. The van der Waals surface area contributed by atoms with E-state index in [1.807, 2.05) is 13.8 Å². The molecule has 0 spiro atoms. The first-order valence-corrected chi connectivity index (χ1v) is 9.04. The highest BCUT2D eigenvalue weighted by molar-refractivity contribution is 6.34. The van der Waals surface area contributed by atoms with Gasteiger partial charge in [0.05, 0.1) is 6.54 Å². The first-order chi connectivity index (χ1) is 11.8. The number of nitrogens with zero attached hydrogens (tertiary/aromatic N) is 2. The van der Waals surface area contributed by atoms with E-state index >= 15 is 0 Å². The van der Waals surface area contributed by atoms with Crippen molar-refractivity contribution in [1.82, 2.24) is 15.1 Å². The summed E-state index contributed by atoms with van der Waals surface area (Å²) in [4.78, 5) is 27.9. The number of hydrogen-bond donors (Lipinski definition) is 1. The van der Waals surface area contributed by atoms with Gasteiger partial charge < -0.3 is 10.2 Å². The predicted octanol–water partition coefficient (Wildman–Crippen LogP) is 2.68. The van der Waals surface area contributed by atoms with Gasteiger partial charge in [-0.2, -0.15) is 0 Å². The molecule has 2 rings (SSSR count). The first kappa shape index (κ1) is 19.8. The fraction of sp³-hybridized carbons (Fsp3) is 0.444. The Morgan fingerprint density at radius 2 is 1.88 bits per heavy atom. The quantitative estimate of drug-likeness (QED) is 0.795. The molecule has 0 atom stereocenters. The van der Waals surface area contributed by atoms with Gasteiger partial charge in [-0.25, -0.2) is 0 Å². The van der Waals surface area contributed by atoms with Gasteiger partial charge in [0.1, 0.15) is 0 Å². The molecule has 0 unspecified atom stereocenters. The van der Waals surface area contributed by atoms with Crippen molar-refractivity contribution in [1.29, 1.82) is 0 Å². The van der Waals surface area contributed by atoms with E-state index in [2.05, 4.69) is 10.2 Å². The summed E-state index contributed by atoms with van der Waals surface area (Å²) in [5, 5.41) is 4.00. The zero-order valence-corrected chi connectivity index (χ0v) is 16.0. The maximum Gasteiger partial charge on any atom is 0.246 e. The second-order valence-corrected chi connectivity index (χ2v) is 7.17. The van der Waals surface area contributed by atoms with Gasteiger partial charge in [-0.15, -0.1) is 0 Å². The molecule has 1 heterocycles. The van der Waals surface area contributed by atoms with Gasteiger partial charge in [0.2, 0.25) is 11.8 Å². The minimum atomic E-state index is -0.0673. The fourth-order valence-electron chi connectivity index (χ4n) is 2.61. The number of carbonyl (C=O) groups excluding carboxylic acids is 2. The Morgan fingerprint density at radius 1 is 1.20 bits per heavy atom. The first-order valence-electron chi connectivity index (χ1n) is 8.29. The Balaban J connectivity index is 1.84. The summed E-state index contributed by atoms with van der Waals surface area (Å²) in [5.41, 5.74) is 0.714. The number of amides is 2. The third-order valence-corrected chi connectivity index (χ3v) is 4.44. The average Bonchev–Trinajstić information content (AvgIpc) is 2.55. The van der Waals surface area contributed by atoms with Crippen LogP contribution >= 0.6 is 23.2 Å². The van der Waals surface area contributed by atoms with E-state index in [1.165, 1.54) is 6.08 Å². The van der Waals surface area contributed by atoms with Crippen molar-refractivity contribution in [2.24, 2.45) is 0 Å². The molecule has 0 bridgehead atoms. The summed E-state index contributed by atoms with van der Waals surface area (Å²) in [6.07, 6.45) is 3.19. The van der Waals surface area contributed by atoms with E-state index in [1.54, 1.807) is 29.2 Å². The van der Waals surface area contributed by atoms with E-state index in [0.717, 1.165) is 0 Å². The molecule has 1 aromatic rings. The highest BCUT2D eigenvalue weighted by atomic mass is 35.5. The molecule has 136 valence electrons. The molecule has 1 aromatic carbocycles. The predicted molar refractivity (Wildman–Crippen MR) is 102 cm³/mol. The van der Waals surface area contributed by atoms with E-state index in [-0.39, 0.29) is 17.9 Å². The van der Waals surface area contributed by atoms with Crippen LogP contribution < -0.4 is 5.32 Å². The molecular formula is C18H23Cl2N3O2. The number of hydrogen-bond acceptors (Lipinski definition) is 3. The molecule has 7 heteroatoms. The number of carbonyl (C=O) groups is 2. The van der Waals surface area contributed by atoms with Crippen LogP contribution in [0.1, 0.15) is 19.4 Å². The molecule has 2 amide bonds. The highest BCUT2D eigenvalue weighted by Gasteiger charge is 2.21. The lowest BCUT2D eigenvalue weighted by Crippen LogP contribution is -2.51. The third-order valence-electron chi connectivity index (χ3n) is 3.86. The van der Waals surface area contributed by atoms with Crippen molar-refractivity contribution in [2.45, 2.75) is 19.9 Å². The van der Waals surface area contributed by atoms with E-state index < -0.39 is 0 Å². The van der Waals surface area contributed by atoms with Gasteiger partial charge in [-0.3, -0.25) is 14.5 Å². The Labute approximate surface area is 158 Å². The fourth-order valence-corrected chi connectivity index (χ4v) is 2.97. The Morgan fingerprint density at radius 3 is 2.52 bits per heavy atom. The van der Waals surface area contributed by atoms with Crippen molar-refractivity contribution in [3.8, 4) is 0 Å². The maximum absolute atomic E-state index is 12.3. The smallest absolute Gasteiger partial charge is 0.246 e. The number of rotatable bonds is 5. The Bertz CT molecular complexity index is 654. The molecule has 1 saturated heterocycles. The molecule has 5 nitrogen and oxygen atoms in total. The van der Waals surface area contributed by atoms with E-state index in [9.17, 15) is 9.59 Å². The molecule has 0 saturated carbocycles. The second kappa shape index (κ2) is 9.22. The van der Waals surface area contributed by atoms with Crippen LogP contribution in [0.3, 0.4) is 0 Å². The summed E-state index contributed by atoms with van der Waals surface area (Å²) >= 11 is 12.0. The molecular weight excluding hydrogens is 361 g/mol. The zero-order chi connectivity index (χ0) is 18.4. The topological polar surface area (TPSA) is 52.7 Å². The summed E-state index contributed by atoms with van der Waals surface area (Å²) in [6, 6.07) is 5.27. The standard InChI is InChI=1S/C18H23Cl2N3O2/c1-13(2)21-17(24)12-22-7-9-23(10-8-22)18(25)6-3-14-11-15(19)4-5-16(14)20/h3-6,11,13H,7-10,12H2,1-2H3,(H,21,24)/b6-3+. The van der Waals surface area contributed by atoms with E-state index in [4.69, 9.17) is 23.2 Å². The van der Waals surface area contributed by atoms with E-state index in [0.29, 0.717) is 48.3 Å². The van der Waals surface area contributed by atoms with Crippen LogP contribution in [-0.4, -0.2) is 60.4 Å². The van der Waals surface area contributed by atoms with Gasteiger partial charge in [0, 0.05) is 48.3 Å². The molecule has 1 N–H and O–H groups in total. The average molecular weight is 384 g/mol. The van der Waals surface area contributed by atoms with Gasteiger partial charge in [0.15, 0.2) is 0 Å². The van der Waals surface area contributed by atoms with Crippen LogP contribution in [-0.2, 0) is 9.59 Å². The van der Waals surface area contributed by atoms with Crippen molar-refractivity contribution in [2.75, 3.05) is 32.7 Å². The van der Waals surface area contributed by atoms with Gasteiger partial charge in [-0.1, -0.05) is 23.2 Å². The molecule has 25 heavy (non-hydrogen) atoms. The molecule has 0 aromatic heterocycles. The maximum atomic E-state index is 12.3. The number of halogens is 2. The van der Waals surface area contributed by atoms with Crippen LogP contribution in [0.4, 0.5) is 0 Å². The lowest BCUT2D eigenvalue weighted by atomic mass is 10.2. The normalized spacial score (nSPS) is 15.8. The van der Waals surface area contributed by atoms with Gasteiger partial charge in [-0.05, 0) is 43.7 Å². The Hall–Kier alpha value is -1.56. The molecule has 0 aliphatic carbocycles. The summed E-state index contributed by atoms with van der Waals surface area (Å²) in [5.74, 6) is -0.0485. The van der Waals surface area contributed by atoms with Crippen molar-refractivity contribution in [3.63, 3.8) is 0 Å². The van der Waals surface area contributed by atoms with Crippen LogP contribution in [0.2, 0.25) is 10.0 Å². The van der Waals surface area contributed by atoms with Crippen molar-refractivity contribution >= 4 is 41.1 Å². The van der Waals surface area contributed by atoms with Crippen molar-refractivity contribution < 1.29 is 9.59 Å². The molecule has 1 aliphatic heterocycles. The van der Waals surface area contributed by atoms with Crippen LogP contribution in [0.15, 0.2) is 24.3 Å². The lowest BCUT2D eigenvalue weighted by Gasteiger charge is -2.33. The number of piperazine rings is 1. The summed E-state index contributed by atoms with van der Waals surface area (Å²) in [7, 11) is 0. The van der Waals surface area contributed by atoms with Crippen LogP contribution in [0.5, 0.6) is 0 Å². The minimum Gasteiger partial charge on any atom is -0.353 e. The zero-order valence-electron chi connectivity index (χ0n) is 14.5. The summed E-state index contributed by atoms with van der Waals surface area (Å²) in [6.45, 7) is 6.81. The van der Waals surface area contributed by atoms with Crippen molar-refractivity contribution in [3.05, 3.63) is 39.9 Å². The largest absolute Gasteiger partial charge is 0.353 e. The highest BCUT2D eigenvalue weighted by Crippen LogP contribution is 2.21. The molecule has 0 radical (unpaired) electrons. The monoisotopic (exact) mass is 383 g/mol. The minimum absolute atomic E-state index is 0.0188.